The molecular formula is C9H5Cl2N3O. The lowest BCUT2D eigenvalue weighted by Gasteiger charge is -1.98. The maximum Gasteiger partial charge on any atom is 0.274 e. The molecule has 0 radical (unpaired) electrons. The van der Waals surface area contributed by atoms with Gasteiger partial charge in [-0.1, -0.05) is 16.8 Å². The van der Waals surface area contributed by atoms with Crippen LogP contribution in [0, 0.1) is 0 Å². The van der Waals surface area contributed by atoms with Crippen molar-refractivity contribution in [3.8, 4) is 5.69 Å². The summed E-state index contributed by atoms with van der Waals surface area (Å²) in [6, 6.07) is 6.97. The second kappa shape index (κ2) is 4.00. The van der Waals surface area contributed by atoms with Crippen LogP contribution in [0.3, 0.4) is 0 Å². The number of carbonyl (C=O) groups is 1. The standard InChI is InChI=1S/C9H5Cl2N3O/c10-6-1-3-7(4-2-6)14-5-8(9(11)15)12-13-14/h1-5H. The SMILES string of the molecule is O=C(Cl)c1cn(-c2ccc(Cl)cc2)nn1. The van der Waals surface area contributed by atoms with E-state index in [1.165, 1.54) is 10.9 Å². The molecule has 0 saturated heterocycles. The molecule has 0 aliphatic rings. The van der Waals surface area contributed by atoms with E-state index in [9.17, 15) is 4.79 Å². The lowest BCUT2D eigenvalue weighted by atomic mass is 10.3. The lowest BCUT2D eigenvalue weighted by molar-refractivity contribution is 0.107. The molecule has 0 bridgehead atoms. The third-order valence-corrected chi connectivity index (χ3v) is 2.23. The van der Waals surface area contributed by atoms with Gasteiger partial charge in [-0.05, 0) is 35.9 Å². The second-order valence-electron chi connectivity index (χ2n) is 2.80. The van der Waals surface area contributed by atoms with Crippen LogP contribution in [0.1, 0.15) is 10.5 Å². The van der Waals surface area contributed by atoms with Gasteiger partial charge in [-0.25, -0.2) is 4.68 Å². The monoisotopic (exact) mass is 241 g/mol. The zero-order valence-electron chi connectivity index (χ0n) is 7.39. The van der Waals surface area contributed by atoms with Crippen molar-refractivity contribution in [2.45, 2.75) is 0 Å². The van der Waals surface area contributed by atoms with E-state index in [2.05, 4.69) is 10.3 Å². The van der Waals surface area contributed by atoms with Crippen LogP contribution in [-0.4, -0.2) is 20.2 Å². The van der Waals surface area contributed by atoms with Crippen LogP contribution in [0.5, 0.6) is 0 Å². The van der Waals surface area contributed by atoms with Crippen molar-refractivity contribution in [3.05, 3.63) is 41.2 Å². The van der Waals surface area contributed by atoms with Gasteiger partial charge in [0.1, 0.15) is 0 Å². The molecule has 1 aromatic carbocycles. The number of hydrogen-bond acceptors (Lipinski definition) is 3. The summed E-state index contributed by atoms with van der Waals surface area (Å²) in [6.07, 6.45) is 1.46. The van der Waals surface area contributed by atoms with E-state index in [1.807, 2.05) is 0 Å². The largest absolute Gasteiger partial charge is 0.274 e. The highest BCUT2D eigenvalue weighted by molar-refractivity contribution is 6.67. The van der Waals surface area contributed by atoms with Gasteiger partial charge < -0.3 is 0 Å². The highest BCUT2D eigenvalue weighted by Crippen LogP contribution is 2.12. The van der Waals surface area contributed by atoms with Gasteiger partial charge in [-0.15, -0.1) is 5.10 Å². The van der Waals surface area contributed by atoms with Crippen molar-refractivity contribution in [3.63, 3.8) is 0 Å². The molecule has 0 aliphatic heterocycles. The van der Waals surface area contributed by atoms with Crippen LogP contribution in [0.15, 0.2) is 30.5 Å². The molecule has 6 heteroatoms. The van der Waals surface area contributed by atoms with Gasteiger partial charge in [0.25, 0.3) is 5.24 Å². The fraction of sp³-hybridized carbons (Fsp3) is 0. The van der Waals surface area contributed by atoms with E-state index in [4.69, 9.17) is 23.2 Å². The Labute approximate surface area is 95.4 Å². The van der Waals surface area contributed by atoms with Crippen LogP contribution < -0.4 is 0 Å². The number of benzene rings is 1. The molecule has 0 amide bonds. The fourth-order valence-electron chi connectivity index (χ4n) is 1.07. The Morgan fingerprint density at radius 3 is 2.47 bits per heavy atom. The lowest BCUT2D eigenvalue weighted by Crippen LogP contribution is -1.93. The molecule has 4 nitrogen and oxygen atoms in total. The van der Waals surface area contributed by atoms with E-state index in [1.54, 1.807) is 24.3 Å². The molecule has 0 N–H and O–H groups in total. The molecule has 15 heavy (non-hydrogen) atoms. The van der Waals surface area contributed by atoms with Crippen molar-refractivity contribution >= 4 is 28.4 Å². The Kier molecular flexibility index (Phi) is 2.70. The van der Waals surface area contributed by atoms with Crippen LogP contribution in [0.25, 0.3) is 5.69 Å². The Morgan fingerprint density at radius 2 is 1.93 bits per heavy atom. The molecule has 0 saturated carbocycles. The predicted molar refractivity (Wildman–Crippen MR) is 56.6 cm³/mol. The minimum atomic E-state index is -0.629. The molecule has 1 aromatic heterocycles. The smallest absolute Gasteiger partial charge is 0.274 e. The fourth-order valence-corrected chi connectivity index (χ4v) is 1.29. The van der Waals surface area contributed by atoms with E-state index in [0.29, 0.717) is 5.02 Å². The number of rotatable bonds is 2. The van der Waals surface area contributed by atoms with Gasteiger partial charge in [0.15, 0.2) is 5.69 Å². The molecule has 0 fully saturated rings. The first-order valence-corrected chi connectivity index (χ1v) is 4.80. The van der Waals surface area contributed by atoms with Crippen molar-refractivity contribution in [1.82, 2.24) is 15.0 Å². The first kappa shape index (κ1) is 10.1. The van der Waals surface area contributed by atoms with Crippen LogP contribution in [0.2, 0.25) is 5.02 Å². The summed E-state index contributed by atoms with van der Waals surface area (Å²) in [4.78, 5) is 10.8. The number of hydrogen-bond donors (Lipinski definition) is 0. The topological polar surface area (TPSA) is 47.8 Å². The average molecular weight is 242 g/mol. The molecule has 2 rings (SSSR count). The maximum absolute atomic E-state index is 10.8. The first-order chi connectivity index (χ1) is 7.16. The molecule has 0 spiro atoms. The van der Waals surface area contributed by atoms with Gasteiger partial charge >= 0.3 is 0 Å². The van der Waals surface area contributed by atoms with Crippen molar-refractivity contribution in [2.24, 2.45) is 0 Å². The molecular weight excluding hydrogens is 237 g/mol. The maximum atomic E-state index is 10.8. The zero-order chi connectivity index (χ0) is 10.8. The van der Waals surface area contributed by atoms with Gasteiger partial charge in [0, 0.05) is 5.02 Å². The third kappa shape index (κ3) is 2.16. The van der Waals surface area contributed by atoms with Crippen LogP contribution in [-0.2, 0) is 0 Å². The van der Waals surface area contributed by atoms with E-state index in [0.717, 1.165) is 5.69 Å². The van der Waals surface area contributed by atoms with E-state index < -0.39 is 5.24 Å². The number of carbonyl (C=O) groups excluding carboxylic acids is 1. The Balaban J connectivity index is 2.37. The molecule has 0 aliphatic carbocycles. The number of halogens is 2. The molecule has 76 valence electrons. The third-order valence-electron chi connectivity index (χ3n) is 1.79. The van der Waals surface area contributed by atoms with Crippen LogP contribution in [0.4, 0.5) is 0 Å². The average Bonchev–Trinajstić information content (AvgIpc) is 2.68. The van der Waals surface area contributed by atoms with Gasteiger partial charge in [-0.3, -0.25) is 4.79 Å². The number of nitrogens with zero attached hydrogens (tertiary/aromatic N) is 3. The quantitative estimate of drug-likeness (QED) is 0.759. The van der Waals surface area contributed by atoms with Gasteiger partial charge in [0.05, 0.1) is 11.9 Å². The molecule has 0 unspecified atom stereocenters. The van der Waals surface area contributed by atoms with Crippen molar-refractivity contribution < 1.29 is 4.79 Å². The molecule has 1 heterocycles. The van der Waals surface area contributed by atoms with Crippen molar-refractivity contribution in [1.29, 1.82) is 0 Å². The summed E-state index contributed by atoms with van der Waals surface area (Å²) in [5.74, 6) is 0. The van der Waals surface area contributed by atoms with Crippen molar-refractivity contribution in [2.75, 3.05) is 0 Å². The summed E-state index contributed by atoms with van der Waals surface area (Å²) in [6.45, 7) is 0. The minimum absolute atomic E-state index is 0.117. The molecule has 2 aromatic rings. The van der Waals surface area contributed by atoms with Gasteiger partial charge in [0.2, 0.25) is 0 Å². The first-order valence-electron chi connectivity index (χ1n) is 4.05. The Bertz CT molecular complexity index is 492. The number of aromatic nitrogens is 3. The van der Waals surface area contributed by atoms with E-state index >= 15 is 0 Å². The second-order valence-corrected chi connectivity index (χ2v) is 3.58. The zero-order valence-corrected chi connectivity index (χ0v) is 8.90. The van der Waals surface area contributed by atoms with Gasteiger partial charge in [-0.2, -0.15) is 0 Å². The minimum Gasteiger partial charge on any atom is -0.274 e. The van der Waals surface area contributed by atoms with E-state index in [-0.39, 0.29) is 5.69 Å². The highest BCUT2D eigenvalue weighted by atomic mass is 35.5. The summed E-state index contributed by atoms with van der Waals surface area (Å²) in [5, 5.41) is 7.37. The Morgan fingerprint density at radius 1 is 1.27 bits per heavy atom. The normalized spacial score (nSPS) is 10.3. The van der Waals surface area contributed by atoms with Crippen LogP contribution >= 0.6 is 23.2 Å². The summed E-state index contributed by atoms with van der Waals surface area (Å²) < 4.78 is 1.45. The summed E-state index contributed by atoms with van der Waals surface area (Å²) >= 11 is 11.0. The Hall–Kier alpha value is -1.39. The predicted octanol–water partition coefficient (Wildman–Crippen LogP) is 2.30. The summed E-state index contributed by atoms with van der Waals surface area (Å²) in [7, 11) is 0. The molecule has 0 atom stereocenters. The summed E-state index contributed by atoms with van der Waals surface area (Å²) in [5.41, 5.74) is 0.877. The highest BCUT2D eigenvalue weighted by Gasteiger charge is 2.07.